The number of benzene rings is 1. The molecule has 1 N–H and O–H groups in total. The average Bonchev–Trinajstić information content (AvgIpc) is 2.34. The molecule has 5 heteroatoms. The summed E-state index contributed by atoms with van der Waals surface area (Å²) in [6.45, 7) is 4.73. The number of rotatable bonds is 6. The molecule has 0 aliphatic heterocycles. The van der Waals surface area contributed by atoms with Crippen molar-refractivity contribution in [3.63, 3.8) is 0 Å². The molecule has 0 spiro atoms. The van der Waals surface area contributed by atoms with Gasteiger partial charge in [-0.2, -0.15) is 0 Å². The minimum Gasteiger partial charge on any atom is -0.496 e. The van der Waals surface area contributed by atoms with Gasteiger partial charge in [0.2, 0.25) is 0 Å². The lowest BCUT2D eigenvalue weighted by molar-refractivity contribution is -0.139. The highest BCUT2D eigenvalue weighted by Crippen LogP contribution is 2.26. The van der Waals surface area contributed by atoms with E-state index in [-0.39, 0.29) is 5.78 Å². The number of methoxy groups -OCH3 is 1. The summed E-state index contributed by atoms with van der Waals surface area (Å²) in [6, 6.07) is 4.51. The molecule has 0 atom stereocenters. The zero-order chi connectivity index (χ0) is 13.7. The van der Waals surface area contributed by atoms with Crippen molar-refractivity contribution in [1.29, 1.82) is 0 Å². The Bertz CT molecular complexity index is 490. The molecule has 0 amide bonds. The molecule has 0 aliphatic carbocycles. The quantitative estimate of drug-likeness (QED) is 0.616. The number of hydrogen-bond acceptors (Lipinski definition) is 4. The van der Waals surface area contributed by atoms with Crippen LogP contribution in [-0.2, 0) is 4.79 Å². The molecular formula is C13H14O5. The summed E-state index contributed by atoms with van der Waals surface area (Å²) in [5.74, 6) is -0.647. The van der Waals surface area contributed by atoms with Crippen molar-refractivity contribution in [2.45, 2.75) is 6.92 Å². The van der Waals surface area contributed by atoms with Gasteiger partial charge in [-0.15, -0.1) is 0 Å². The molecule has 0 saturated carbocycles. The number of carbonyl (C=O) groups excluding carboxylic acids is 1. The summed E-state index contributed by atoms with van der Waals surface area (Å²) in [5.41, 5.74) is 0.764. The number of aliphatic carboxylic acids is 1. The number of allylic oxidation sites excluding steroid dienone is 1. The SMILES string of the molecule is C=C(C)C(=O)c1ccc(OCC(=O)O)cc1OC. The third-order valence-corrected chi connectivity index (χ3v) is 2.17. The van der Waals surface area contributed by atoms with Gasteiger partial charge in [0.15, 0.2) is 12.4 Å². The van der Waals surface area contributed by atoms with E-state index in [0.29, 0.717) is 22.6 Å². The molecule has 0 aromatic heterocycles. The van der Waals surface area contributed by atoms with Gasteiger partial charge in [-0.25, -0.2) is 4.79 Å². The number of ketones is 1. The van der Waals surface area contributed by atoms with Crippen LogP contribution >= 0.6 is 0 Å². The Labute approximate surface area is 105 Å². The molecule has 0 heterocycles. The Balaban J connectivity index is 3.00. The second kappa shape index (κ2) is 5.86. The summed E-state index contributed by atoms with van der Waals surface area (Å²) in [6.07, 6.45) is 0. The maximum absolute atomic E-state index is 11.8. The van der Waals surface area contributed by atoms with Gasteiger partial charge in [0, 0.05) is 6.07 Å². The van der Waals surface area contributed by atoms with Crippen molar-refractivity contribution < 1.29 is 24.2 Å². The molecule has 96 valence electrons. The third kappa shape index (κ3) is 3.35. The van der Waals surface area contributed by atoms with Gasteiger partial charge >= 0.3 is 5.97 Å². The fraction of sp³-hybridized carbons (Fsp3) is 0.231. The van der Waals surface area contributed by atoms with Gasteiger partial charge in [0.05, 0.1) is 12.7 Å². The summed E-state index contributed by atoms with van der Waals surface area (Å²) < 4.78 is 10.1. The van der Waals surface area contributed by atoms with E-state index in [4.69, 9.17) is 14.6 Å². The molecule has 1 rings (SSSR count). The monoisotopic (exact) mass is 250 g/mol. The number of carboxylic acid groups (broad SMARTS) is 1. The molecule has 0 bridgehead atoms. The van der Waals surface area contributed by atoms with Gasteiger partial charge in [-0.3, -0.25) is 4.79 Å². The van der Waals surface area contributed by atoms with Crippen LogP contribution in [0.4, 0.5) is 0 Å². The molecule has 0 unspecified atom stereocenters. The molecule has 0 saturated heterocycles. The third-order valence-electron chi connectivity index (χ3n) is 2.17. The van der Waals surface area contributed by atoms with Crippen LogP contribution < -0.4 is 9.47 Å². The van der Waals surface area contributed by atoms with E-state index in [1.165, 1.54) is 25.3 Å². The van der Waals surface area contributed by atoms with Crippen molar-refractivity contribution in [3.05, 3.63) is 35.9 Å². The van der Waals surface area contributed by atoms with Gasteiger partial charge in [-0.05, 0) is 24.6 Å². The van der Waals surface area contributed by atoms with E-state index in [1.807, 2.05) is 0 Å². The average molecular weight is 250 g/mol. The molecule has 5 nitrogen and oxygen atoms in total. The summed E-state index contributed by atoms with van der Waals surface area (Å²) in [7, 11) is 1.42. The second-order valence-corrected chi connectivity index (χ2v) is 3.65. The predicted molar refractivity (Wildman–Crippen MR) is 65.3 cm³/mol. The molecular weight excluding hydrogens is 236 g/mol. The van der Waals surface area contributed by atoms with Crippen molar-refractivity contribution in [3.8, 4) is 11.5 Å². The van der Waals surface area contributed by atoms with E-state index in [9.17, 15) is 9.59 Å². The lowest BCUT2D eigenvalue weighted by Crippen LogP contribution is -2.10. The van der Waals surface area contributed by atoms with E-state index in [2.05, 4.69) is 6.58 Å². The first-order chi connectivity index (χ1) is 8.45. The second-order valence-electron chi connectivity index (χ2n) is 3.65. The van der Waals surface area contributed by atoms with Crippen LogP contribution in [-0.4, -0.2) is 30.6 Å². The van der Waals surface area contributed by atoms with Crippen LogP contribution in [0.2, 0.25) is 0 Å². The van der Waals surface area contributed by atoms with Gasteiger partial charge in [0.25, 0.3) is 0 Å². The minimum absolute atomic E-state index is 0.225. The van der Waals surface area contributed by atoms with E-state index in [1.54, 1.807) is 6.92 Å². The Morgan fingerprint density at radius 3 is 2.56 bits per heavy atom. The minimum atomic E-state index is -1.07. The van der Waals surface area contributed by atoms with E-state index < -0.39 is 12.6 Å². The lowest BCUT2D eigenvalue weighted by Gasteiger charge is -2.10. The number of hydrogen-bond donors (Lipinski definition) is 1. The lowest BCUT2D eigenvalue weighted by atomic mass is 10.0. The maximum Gasteiger partial charge on any atom is 0.341 e. The largest absolute Gasteiger partial charge is 0.496 e. The Hall–Kier alpha value is -2.30. The van der Waals surface area contributed by atoms with Crippen LogP contribution in [0.5, 0.6) is 11.5 Å². The number of Topliss-reactive ketones (excluding diaryl/α,β-unsaturated/α-hetero) is 1. The van der Waals surface area contributed by atoms with E-state index in [0.717, 1.165) is 0 Å². The highest BCUT2D eigenvalue weighted by atomic mass is 16.5. The molecule has 0 radical (unpaired) electrons. The van der Waals surface area contributed by atoms with Crippen molar-refractivity contribution >= 4 is 11.8 Å². The summed E-state index contributed by atoms with van der Waals surface area (Å²) in [5, 5.41) is 8.49. The Morgan fingerprint density at radius 2 is 2.06 bits per heavy atom. The van der Waals surface area contributed by atoms with Crippen LogP contribution in [0.1, 0.15) is 17.3 Å². The molecule has 0 fully saturated rings. The maximum atomic E-state index is 11.8. The Kier molecular flexibility index (Phi) is 4.48. The zero-order valence-corrected chi connectivity index (χ0v) is 10.2. The fourth-order valence-corrected chi connectivity index (χ4v) is 1.32. The Morgan fingerprint density at radius 1 is 1.39 bits per heavy atom. The number of carbonyl (C=O) groups is 2. The fourth-order valence-electron chi connectivity index (χ4n) is 1.32. The normalized spacial score (nSPS) is 9.67. The van der Waals surface area contributed by atoms with Crippen molar-refractivity contribution in [2.24, 2.45) is 0 Å². The molecule has 1 aromatic rings. The predicted octanol–water partition coefficient (Wildman–Crippen LogP) is 1.92. The number of carboxylic acids is 1. The highest BCUT2D eigenvalue weighted by Gasteiger charge is 2.14. The van der Waals surface area contributed by atoms with Crippen molar-refractivity contribution in [1.82, 2.24) is 0 Å². The summed E-state index contributed by atoms with van der Waals surface area (Å²) in [4.78, 5) is 22.2. The van der Waals surface area contributed by atoms with Gasteiger partial charge in [-0.1, -0.05) is 6.58 Å². The van der Waals surface area contributed by atoms with E-state index >= 15 is 0 Å². The molecule has 0 aliphatic rings. The zero-order valence-electron chi connectivity index (χ0n) is 10.2. The van der Waals surface area contributed by atoms with Crippen LogP contribution in [0.15, 0.2) is 30.4 Å². The van der Waals surface area contributed by atoms with Crippen LogP contribution in [0.25, 0.3) is 0 Å². The molecule has 18 heavy (non-hydrogen) atoms. The first-order valence-corrected chi connectivity index (χ1v) is 5.18. The topological polar surface area (TPSA) is 72.8 Å². The van der Waals surface area contributed by atoms with Crippen LogP contribution in [0, 0.1) is 0 Å². The van der Waals surface area contributed by atoms with Crippen LogP contribution in [0.3, 0.4) is 0 Å². The van der Waals surface area contributed by atoms with Gasteiger partial charge < -0.3 is 14.6 Å². The van der Waals surface area contributed by atoms with Gasteiger partial charge in [0.1, 0.15) is 11.5 Å². The van der Waals surface area contributed by atoms with Crippen molar-refractivity contribution in [2.75, 3.05) is 13.7 Å². The standard InChI is InChI=1S/C13H14O5/c1-8(2)13(16)10-5-4-9(6-11(10)17-3)18-7-12(14)15/h4-6H,1,7H2,2-3H3,(H,14,15). The molecule has 1 aromatic carbocycles. The first kappa shape index (κ1) is 13.8. The first-order valence-electron chi connectivity index (χ1n) is 5.18. The summed E-state index contributed by atoms with van der Waals surface area (Å²) >= 11 is 0. The number of ether oxygens (including phenoxy) is 2. The smallest absolute Gasteiger partial charge is 0.341 e. The highest BCUT2D eigenvalue weighted by molar-refractivity contribution is 6.09.